The van der Waals surface area contributed by atoms with Crippen LogP contribution in [0.1, 0.15) is 32.1 Å². The Hall–Kier alpha value is -0.560. The molecule has 1 rings (SSSR count). The molecule has 1 nitrogen and oxygen atoms in total. The van der Waals surface area contributed by atoms with Crippen molar-refractivity contribution in [3.63, 3.8) is 0 Å². The van der Waals surface area contributed by atoms with Gasteiger partial charge in [-0.2, -0.15) is 0 Å². The summed E-state index contributed by atoms with van der Waals surface area (Å²) in [6.07, 6.45) is 14.9. The molecule has 0 aliphatic carbocycles. The lowest BCUT2D eigenvalue weighted by Crippen LogP contribution is -1.93. The van der Waals surface area contributed by atoms with Crippen molar-refractivity contribution >= 4 is 0 Å². The third-order valence-corrected chi connectivity index (χ3v) is 1.95. The second-order valence-corrected chi connectivity index (χ2v) is 3.09. The van der Waals surface area contributed by atoms with Crippen molar-refractivity contribution < 1.29 is 4.74 Å². The van der Waals surface area contributed by atoms with Crippen LogP contribution in [0.2, 0.25) is 0 Å². The largest absolute Gasteiger partial charge is 0.377 e. The Balaban J connectivity index is 2.19. The average molecular weight is 166 g/mol. The van der Waals surface area contributed by atoms with Crippen LogP contribution < -0.4 is 0 Å². The summed E-state index contributed by atoms with van der Waals surface area (Å²) < 4.78 is 5.39. The second-order valence-electron chi connectivity index (χ2n) is 3.09. The lowest BCUT2D eigenvalue weighted by molar-refractivity contribution is 0.160. The summed E-state index contributed by atoms with van der Waals surface area (Å²) in [5.41, 5.74) is 0. The Morgan fingerprint density at radius 1 is 0.750 bits per heavy atom. The van der Waals surface area contributed by atoms with Gasteiger partial charge in [-0.05, 0) is 32.1 Å². The van der Waals surface area contributed by atoms with Gasteiger partial charge in [0.2, 0.25) is 0 Å². The van der Waals surface area contributed by atoms with E-state index in [1.807, 2.05) is 0 Å². The predicted molar refractivity (Wildman–Crippen MR) is 52.2 cm³/mol. The van der Waals surface area contributed by atoms with Crippen LogP contribution in [0.4, 0.5) is 0 Å². The van der Waals surface area contributed by atoms with E-state index in [0.717, 1.165) is 19.6 Å². The van der Waals surface area contributed by atoms with Gasteiger partial charge in [-0.25, -0.2) is 0 Å². The second kappa shape index (κ2) is 7.11. The molecule has 0 saturated carbocycles. The SMILES string of the molecule is C1=C\CCCOC/C=C\CCC/1. The molecule has 1 aliphatic heterocycles. The summed E-state index contributed by atoms with van der Waals surface area (Å²) in [7, 11) is 0. The summed E-state index contributed by atoms with van der Waals surface area (Å²) in [5, 5.41) is 0. The Morgan fingerprint density at radius 3 is 2.25 bits per heavy atom. The fourth-order valence-electron chi connectivity index (χ4n) is 1.23. The Labute approximate surface area is 75.1 Å². The van der Waals surface area contributed by atoms with Crippen molar-refractivity contribution in [2.75, 3.05) is 13.2 Å². The third-order valence-electron chi connectivity index (χ3n) is 1.95. The summed E-state index contributed by atoms with van der Waals surface area (Å²) >= 11 is 0. The number of hydrogen-bond donors (Lipinski definition) is 0. The van der Waals surface area contributed by atoms with Crippen LogP contribution in [0, 0.1) is 0 Å². The molecule has 0 fully saturated rings. The first-order valence-corrected chi connectivity index (χ1v) is 4.88. The molecule has 0 aromatic carbocycles. The molecule has 0 N–H and O–H groups in total. The van der Waals surface area contributed by atoms with Gasteiger partial charge >= 0.3 is 0 Å². The van der Waals surface area contributed by atoms with Crippen molar-refractivity contribution in [2.24, 2.45) is 0 Å². The number of allylic oxidation sites excluding steroid dienone is 3. The van der Waals surface area contributed by atoms with Gasteiger partial charge in [-0.1, -0.05) is 24.3 Å². The van der Waals surface area contributed by atoms with Gasteiger partial charge in [-0.15, -0.1) is 0 Å². The van der Waals surface area contributed by atoms with E-state index in [-0.39, 0.29) is 0 Å². The van der Waals surface area contributed by atoms with E-state index in [1.54, 1.807) is 0 Å². The molecule has 1 heteroatoms. The van der Waals surface area contributed by atoms with E-state index in [0.29, 0.717) is 0 Å². The number of hydrogen-bond acceptors (Lipinski definition) is 1. The Bertz CT molecular complexity index is 131. The van der Waals surface area contributed by atoms with E-state index >= 15 is 0 Å². The number of rotatable bonds is 0. The molecule has 0 bridgehead atoms. The van der Waals surface area contributed by atoms with Crippen molar-refractivity contribution in [1.82, 2.24) is 0 Å². The van der Waals surface area contributed by atoms with Crippen molar-refractivity contribution in [1.29, 1.82) is 0 Å². The van der Waals surface area contributed by atoms with E-state index < -0.39 is 0 Å². The van der Waals surface area contributed by atoms with Gasteiger partial charge in [0.15, 0.2) is 0 Å². The molecule has 0 saturated heterocycles. The zero-order chi connectivity index (χ0) is 8.49. The minimum atomic E-state index is 0.795. The fourth-order valence-corrected chi connectivity index (χ4v) is 1.23. The predicted octanol–water partition coefficient (Wildman–Crippen LogP) is 3.08. The van der Waals surface area contributed by atoms with E-state index in [1.165, 1.54) is 25.7 Å². The minimum absolute atomic E-state index is 0.795. The first kappa shape index (κ1) is 9.53. The highest BCUT2D eigenvalue weighted by atomic mass is 16.5. The Morgan fingerprint density at radius 2 is 1.42 bits per heavy atom. The monoisotopic (exact) mass is 166 g/mol. The quantitative estimate of drug-likeness (QED) is 0.502. The molecule has 0 spiro atoms. The van der Waals surface area contributed by atoms with Crippen molar-refractivity contribution in [3.05, 3.63) is 24.3 Å². The molecule has 0 aromatic heterocycles. The summed E-state index contributed by atoms with van der Waals surface area (Å²) in [4.78, 5) is 0. The summed E-state index contributed by atoms with van der Waals surface area (Å²) in [6.45, 7) is 1.69. The van der Waals surface area contributed by atoms with Crippen LogP contribution in [0.15, 0.2) is 24.3 Å². The molecule has 0 atom stereocenters. The normalized spacial score (nSPS) is 26.7. The Kier molecular flexibility index (Phi) is 5.64. The van der Waals surface area contributed by atoms with Crippen molar-refractivity contribution in [3.8, 4) is 0 Å². The summed E-state index contributed by atoms with van der Waals surface area (Å²) in [5.74, 6) is 0. The molecule has 0 aromatic rings. The smallest absolute Gasteiger partial charge is 0.0647 e. The van der Waals surface area contributed by atoms with E-state index in [9.17, 15) is 0 Å². The molecule has 0 radical (unpaired) electrons. The van der Waals surface area contributed by atoms with Crippen LogP contribution >= 0.6 is 0 Å². The molecule has 1 aliphatic rings. The van der Waals surface area contributed by atoms with Crippen LogP contribution in [-0.4, -0.2) is 13.2 Å². The molecule has 12 heavy (non-hydrogen) atoms. The van der Waals surface area contributed by atoms with Gasteiger partial charge in [-0.3, -0.25) is 0 Å². The van der Waals surface area contributed by atoms with Gasteiger partial charge in [0.05, 0.1) is 6.61 Å². The fraction of sp³-hybridized carbons (Fsp3) is 0.636. The van der Waals surface area contributed by atoms with E-state index in [2.05, 4.69) is 24.3 Å². The topological polar surface area (TPSA) is 9.23 Å². The van der Waals surface area contributed by atoms with Gasteiger partial charge in [0.1, 0.15) is 0 Å². The number of ether oxygens (including phenoxy) is 1. The third kappa shape index (κ3) is 5.14. The minimum Gasteiger partial charge on any atom is -0.377 e. The highest BCUT2D eigenvalue weighted by Crippen LogP contribution is 2.01. The highest BCUT2D eigenvalue weighted by Gasteiger charge is 1.87. The van der Waals surface area contributed by atoms with Crippen LogP contribution in [0.25, 0.3) is 0 Å². The van der Waals surface area contributed by atoms with Gasteiger partial charge in [0, 0.05) is 6.61 Å². The maximum absolute atomic E-state index is 5.39. The van der Waals surface area contributed by atoms with Crippen LogP contribution in [0.5, 0.6) is 0 Å². The standard InChI is InChI=1S/C11H18O/c1-2-4-6-8-10-12-11-9-7-5-3-1/h2,4,7,9H,1,3,5-6,8,10-11H2/b4-2-,9-7-. The molecular weight excluding hydrogens is 148 g/mol. The molecule has 0 amide bonds. The molecule has 0 unspecified atom stereocenters. The molecule has 1 heterocycles. The molecular formula is C11H18O. The maximum atomic E-state index is 5.39. The van der Waals surface area contributed by atoms with Gasteiger partial charge < -0.3 is 4.74 Å². The van der Waals surface area contributed by atoms with Gasteiger partial charge in [0.25, 0.3) is 0 Å². The van der Waals surface area contributed by atoms with Crippen LogP contribution in [-0.2, 0) is 4.74 Å². The first-order valence-electron chi connectivity index (χ1n) is 4.88. The highest BCUT2D eigenvalue weighted by molar-refractivity contribution is 4.86. The maximum Gasteiger partial charge on any atom is 0.0647 e. The first-order chi connectivity index (χ1) is 6.00. The van der Waals surface area contributed by atoms with E-state index in [4.69, 9.17) is 4.74 Å². The zero-order valence-corrected chi connectivity index (χ0v) is 7.67. The average Bonchev–Trinajstić information content (AvgIpc) is 2.05. The lowest BCUT2D eigenvalue weighted by atomic mass is 10.2. The zero-order valence-electron chi connectivity index (χ0n) is 7.67. The summed E-state index contributed by atoms with van der Waals surface area (Å²) in [6, 6.07) is 0. The van der Waals surface area contributed by atoms with Crippen molar-refractivity contribution in [2.45, 2.75) is 32.1 Å². The lowest BCUT2D eigenvalue weighted by Gasteiger charge is -2.00. The molecule has 68 valence electrons. The van der Waals surface area contributed by atoms with Crippen LogP contribution in [0.3, 0.4) is 0 Å².